The standard InChI is InChI=1S/C22H27NO3/c1-25-19-11-7-17(8-12-19)15-23(21-5-3-4-6-22(21)24)16-18-9-13-20(26-2)14-10-18/h7-14,21H,3-6,15-16H2,1-2H3. The van der Waals surface area contributed by atoms with E-state index in [1.807, 2.05) is 24.3 Å². The van der Waals surface area contributed by atoms with Gasteiger partial charge in [-0.1, -0.05) is 30.7 Å². The third-order valence-corrected chi connectivity index (χ3v) is 5.05. The summed E-state index contributed by atoms with van der Waals surface area (Å²) in [4.78, 5) is 14.8. The van der Waals surface area contributed by atoms with Gasteiger partial charge >= 0.3 is 0 Å². The summed E-state index contributed by atoms with van der Waals surface area (Å²) < 4.78 is 10.5. The minimum Gasteiger partial charge on any atom is -0.497 e. The van der Waals surface area contributed by atoms with Gasteiger partial charge in [0, 0.05) is 19.5 Å². The number of nitrogens with zero attached hydrogens (tertiary/aromatic N) is 1. The van der Waals surface area contributed by atoms with Gasteiger partial charge in [-0.2, -0.15) is 0 Å². The lowest BCUT2D eigenvalue weighted by Gasteiger charge is -2.33. The third-order valence-electron chi connectivity index (χ3n) is 5.05. The van der Waals surface area contributed by atoms with Crippen LogP contribution in [0.4, 0.5) is 0 Å². The molecule has 4 heteroatoms. The molecule has 0 heterocycles. The van der Waals surface area contributed by atoms with Gasteiger partial charge in [0.15, 0.2) is 0 Å². The van der Waals surface area contributed by atoms with Crippen molar-refractivity contribution in [1.29, 1.82) is 0 Å². The summed E-state index contributed by atoms with van der Waals surface area (Å²) in [5.74, 6) is 2.08. The minimum absolute atomic E-state index is 0.00736. The Morgan fingerprint density at radius 1 is 0.846 bits per heavy atom. The first-order valence-electron chi connectivity index (χ1n) is 9.22. The highest BCUT2D eigenvalue weighted by Gasteiger charge is 2.28. The van der Waals surface area contributed by atoms with Gasteiger partial charge in [-0.05, 0) is 48.2 Å². The molecule has 0 amide bonds. The Bertz CT molecular complexity index is 660. The van der Waals surface area contributed by atoms with Gasteiger partial charge in [-0.3, -0.25) is 9.69 Å². The summed E-state index contributed by atoms with van der Waals surface area (Å²) in [6.45, 7) is 1.51. The van der Waals surface area contributed by atoms with Crippen LogP contribution in [-0.2, 0) is 17.9 Å². The van der Waals surface area contributed by atoms with Crippen LogP contribution in [0.3, 0.4) is 0 Å². The molecule has 1 aliphatic rings. The molecule has 2 aromatic carbocycles. The molecule has 0 aliphatic heterocycles. The third kappa shape index (κ3) is 4.64. The Hall–Kier alpha value is -2.33. The first kappa shape index (κ1) is 18.5. The zero-order valence-electron chi connectivity index (χ0n) is 15.6. The van der Waals surface area contributed by atoms with Crippen LogP contribution in [0.1, 0.15) is 36.8 Å². The lowest BCUT2D eigenvalue weighted by molar-refractivity contribution is -0.126. The molecular weight excluding hydrogens is 326 g/mol. The molecule has 0 bridgehead atoms. The Balaban J connectivity index is 1.78. The largest absolute Gasteiger partial charge is 0.497 e. The Morgan fingerprint density at radius 2 is 1.35 bits per heavy atom. The second-order valence-electron chi connectivity index (χ2n) is 6.83. The first-order chi connectivity index (χ1) is 12.7. The zero-order chi connectivity index (χ0) is 18.4. The molecule has 1 saturated carbocycles. The normalized spacial score (nSPS) is 17.3. The van der Waals surface area contributed by atoms with Crippen molar-refractivity contribution in [2.75, 3.05) is 14.2 Å². The van der Waals surface area contributed by atoms with E-state index in [0.717, 1.165) is 43.9 Å². The topological polar surface area (TPSA) is 38.8 Å². The molecule has 0 aromatic heterocycles. The number of hydrogen-bond acceptors (Lipinski definition) is 4. The van der Waals surface area contributed by atoms with Crippen molar-refractivity contribution < 1.29 is 14.3 Å². The molecule has 2 aromatic rings. The molecule has 0 N–H and O–H groups in total. The quantitative estimate of drug-likeness (QED) is 0.747. The molecular formula is C22H27NO3. The number of ether oxygens (including phenoxy) is 2. The summed E-state index contributed by atoms with van der Waals surface area (Å²) in [6.07, 6.45) is 3.80. The van der Waals surface area contributed by atoms with E-state index >= 15 is 0 Å². The van der Waals surface area contributed by atoms with Crippen molar-refractivity contribution in [2.45, 2.75) is 44.8 Å². The number of benzene rings is 2. The molecule has 1 aliphatic carbocycles. The monoisotopic (exact) mass is 353 g/mol. The van der Waals surface area contributed by atoms with Gasteiger partial charge < -0.3 is 9.47 Å². The van der Waals surface area contributed by atoms with E-state index in [9.17, 15) is 4.79 Å². The number of ketones is 1. The second-order valence-corrected chi connectivity index (χ2v) is 6.83. The molecule has 1 fully saturated rings. The lowest BCUT2D eigenvalue weighted by Crippen LogP contribution is -2.42. The summed E-state index contributed by atoms with van der Waals surface area (Å²) in [5.41, 5.74) is 2.38. The Kier molecular flexibility index (Phi) is 6.29. The van der Waals surface area contributed by atoms with Crippen LogP contribution in [0.2, 0.25) is 0 Å². The average Bonchev–Trinajstić information content (AvgIpc) is 2.69. The Labute approximate surface area is 155 Å². The highest BCUT2D eigenvalue weighted by molar-refractivity contribution is 5.84. The molecule has 26 heavy (non-hydrogen) atoms. The Morgan fingerprint density at radius 3 is 1.77 bits per heavy atom. The molecule has 0 saturated heterocycles. The number of carbonyl (C=O) groups excluding carboxylic acids is 1. The smallest absolute Gasteiger partial charge is 0.149 e. The van der Waals surface area contributed by atoms with Crippen molar-refractivity contribution in [3.63, 3.8) is 0 Å². The summed E-state index contributed by atoms with van der Waals surface area (Å²) in [5, 5.41) is 0. The van der Waals surface area contributed by atoms with Gasteiger partial charge in [0.05, 0.1) is 20.3 Å². The number of carbonyl (C=O) groups is 1. The van der Waals surface area contributed by atoms with E-state index in [4.69, 9.17) is 9.47 Å². The molecule has 4 nitrogen and oxygen atoms in total. The molecule has 1 atom stereocenters. The highest BCUT2D eigenvalue weighted by Crippen LogP contribution is 2.25. The maximum absolute atomic E-state index is 12.5. The predicted octanol–water partition coefficient (Wildman–Crippen LogP) is 4.22. The van der Waals surface area contributed by atoms with Gasteiger partial charge in [0.2, 0.25) is 0 Å². The minimum atomic E-state index is 0.00736. The molecule has 138 valence electrons. The summed E-state index contributed by atoms with van der Waals surface area (Å²) in [6, 6.07) is 16.2. The van der Waals surface area contributed by atoms with Crippen LogP contribution in [0, 0.1) is 0 Å². The van der Waals surface area contributed by atoms with E-state index in [2.05, 4.69) is 29.2 Å². The maximum atomic E-state index is 12.5. The zero-order valence-corrected chi connectivity index (χ0v) is 15.6. The van der Waals surface area contributed by atoms with E-state index < -0.39 is 0 Å². The second kappa shape index (κ2) is 8.86. The molecule has 0 radical (unpaired) electrons. The summed E-state index contributed by atoms with van der Waals surface area (Å²) >= 11 is 0. The lowest BCUT2D eigenvalue weighted by atomic mass is 9.92. The number of rotatable bonds is 7. The summed E-state index contributed by atoms with van der Waals surface area (Å²) in [7, 11) is 3.34. The van der Waals surface area contributed by atoms with Crippen molar-refractivity contribution >= 4 is 5.78 Å². The molecule has 1 unspecified atom stereocenters. The maximum Gasteiger partial charge on any atom is 0.149 e. The first-order valence-corrected chi connectivity index (χ1v) is 9.22. The van der Waals surface area contributed by atoms with Crippen molar-refractivity contribution in [2.24, 2.45) is 0 Å². The van der Waals surface area contributed by atoms with Crippen LogP contribution in [0.25, 0.3) is 0 Å². The van der Waals surface area contributed by atoms with E-state index in [-0.39, 0.29) is 6.04 Å². The molecule has 3 rings (SSSR count). The van der Waals surface area contributed by atoms with Gasteiger partial charge in [-0.15, -0.1) is 0 Å². The van der Waals surface area contributed by atoms with Crippen molar-refractivity contribution in [3.05, 3.63) is 59.7 Å². The highest BCUT2D eigenvalue weighted by atomic mass is 16.5. The van der Waals surface area contributed by atoms with Crippen molar-refractivity contribution in [1.82, 2.24) is 4.90 Å². The predicted molar refractivity (Wildman–Crippen MR) is 102 cm³/mol. The SMILES string of the molecule is COc1ccc(CN(Cc2ccc(OC)cc2)C2CCCCC2=O)cc1. The van der Waals surface area contributed by atoms with Gasteiger partial charge in [0.1, 0.15) is 17.3 Å². The van der Waals surface area contributed by atoms with Crippen molar-refractivity contribution in [3.8, 4) is 11.5 Å². The number of Topliss-reactive ketones (excluding diaryl/α,β-unsaturated/α-hetero) is 1. The fourth-order valence-electron chi connectivity index (χ4n) is 3.56. The van der Waals surface area contributed by atoms with Crippen LogP contribution in [-0.4, -0.2) is 30.9 Å². The van der Waals surface area contributed by atoms with Crippen LogP contribution in [0.5, 0.6) is 11.5 Å². The fourth-order valence-corrected chi connectivity index (χ4v) is 3.56. The average molecular weight is 353 g/mol. The van der Waals surface area contributed by atoms with Crippen LogP contribution >= 0.6 is 0 Å². The van der Waals surface area contributed by atoms with E-state index in [1.54, 1.807) is 14.2 Å². The van der Waals surface area contributed by atoms with Gasteiger partial charge in [0.25, 0.3) is 0 Å². The van der Waals surface area contributed by atoms with E-state index in [0.29, 0.717) is 12.2 Å². The van der Waals surface area contributed by atoms with Gasteiger partial charge in [-0.25, -0.2) is 0 Å². The number of methoxy groups -OCH3 is 2. The van der Waals surface area contributed by atoms with E-state index in [1.165, 1.54) is 11.1 Å². The number of hydrogen-bond donors (Lipinski definition) is 0. The fraction of sp³-hybridized carbons (Fsp3) is 0.409. The van der Waals surface area contributed by atoms with Crippen LogP contribution in [0.15, 0.2) is 48.5 Å². The van der Waals surface area contributed by atoms with Crippen LogP contribution < -0.4 is 9.47 Å². The molecule has 0 spiro atoms.